The molecule has 0 heterocycles. The van der Waals surface area contributed by atoms with E-state index in [-0.39, 0.29) is 17.1 Å². The molecule has 0 bridgehead atoms. The summed E-state index contributed by atoms with van der Waals surface area (Å²) in [5.74, 6) is -1.87. The molecular weight excluding hydrogens is 252 g/mol. The summed E-state index contributed by atoms with van der Waals surface area (Å²) in [6.07, 6.45) is 0.693. The summed E-state index contributed by atoms with van der Waals surface area (Å²) in [5, 5.41) is 0. The molecule has 19 heavy (non-hydrogen) atoms. The first-order valence-electron chi connectivity index (χ1n) is 5.16. The van der Waals surface area contributed by atoms with E-state index >= 15 is 0 Å². The Morgan fingerprint density at radius 2 is 1.68 bits per heavy atom. The number of carbonyl (C=O) groups is 3. The van der Waals surface area contributed by atoms with E-state index in [1.807, 2.05) is 0 Å². The van der Waals surface area contributed by atoms with Crippen molar-refractivity contribution in [1.29, 1.82) is 0 Å². The molecule has 1 aromatic carbocycles. The average Bonchev–Trinajstić information content (AvgIpc) is 2.30. The number of ketones is 1. The second-order valence-electron chi connectivity index (χ2n) is 3.46. The molecular formula is C12H10N2O5. The number of hydrogen-bond donors (Lipinski definition) is 0. The Morgan fingerprint density at radius 3 is 2.21 bits per heavy atom. The van der Waals surface area contributed by atoms with Crippen LogP contribution in [-0.4, -0.2) is 28.7 Å². The molecule has 7 nitrogen and oxygen atoms in total. The number of benzene rings is 1. The molecule has 0 N–H and O–H groups in total. The molecule has 0 fully saturated rings. The standard InChI is InChI=1S/C12H10N2O5/c1-7(15)18-11-4-3-9(10(17)6-14-13)5-12(11)19-8(2)16/h3-6H,1-2H3. The third-order valence-corrected chi connectivity index (χ3v) is 1.91. The van der Waals surface area contributed by atoms with Gasteiger partial charge in [-0.15, -0.1) is 0 Å². The first-order valence-corrected chi connectivity index (χ1v) is 5.16. The molecule has 7 heteroatoms. The van der Waals surface area contributed by atoms with Crippen molar-refractivity contribution in [1.82, 2.24) is 0 Å². The Labute approximate surface area is 108 Å². The lowest BCUT2D eigenvalue weighted by Gasteiger charge is -2.08. The molecule has 0 aliphatic carbocycles. The maximum absolute atomic E-state index is 11.5. The van der Waals surface area contributed by atoms with Gasteiger partial charge in [-0.25, -0.2) is 0 Å². The fraction of sp³-hybridized carbons (Fsp3) is 0.167. The highest BCUT2D eigenvalue weighted by molar-refractivity contribution is 6.33. The van der Waals surface area contributed by atoms with Crippen LogP contribution >= 0.6 is 0 Å². The smallest absolute Gasteiger partial charge is 0.328 e. The Kier molecular flexibility index (Phi) is 4.68. The van der Waals surface area contributed by atoms with Crippen molar-refractivity contribution >= 4 is 23.9 Å². The van der Waals surface area contributed by atoms with Gasteiger partial charge in [0.1, 0.15) is 0 Å². The van der Waals surface area contributed by atoms with Crippen LogP contribution in [0.3, 0.4) is 0 Å². The first-order chi connectivity index (χ1) is 8.93. The minimum atomic E-state index is -0.631. The lowest BCUT2D eigenvalue weighted by atomic mass is 10.1. The molecule has 0 aliphatic heterocycles. The number of hydrogen-bond acceptors (Lipinski definition) is 5. The van der Waals surface area contributed by atoms with E-state index in [0.717, 1.165) is 0 Å². The molecule has 0 saturated heterocycles. The van der Waals surface area contributed by atoms with Crippen molar-refractivity contribution in [2.75, 3.05) is 0 Å². The lowest BCUT2D eigenvalue weighted by Crippen LogP contribution is -2.09. The van der Waals surface area contributed by atoms with Gasteiger partial charge in [-0.05, 0) is 18.2 Å². The summed E-state index contributed by atoms with van der Waals surface area (Å²) in [7, 11) is 0. The van der Waals surface area contributed by atoms with E-state index < -0.39 is 17.7 Å². The topological polar surface area (TPSA) is 106 Å². The summed E-state index contributed by atoms with van der Waals surface area (Å²) < 4.78 is 9.67. The monoisotopic (exact) mass is 262 g/mol. The summed E-state index contributed by atoms with van der Waals surface area (Å²) in [6, 6.07) is 3.86. The highest BCUT2D eigenvalue weighted by Crippen LogP contribution is 2.28. The molecule has 0 aromatic heterocycles. The zero-order valence-electron chi connectivity index (χ0n) is 10.2. The lowest BCUT2D eigenvalue weighted by molar-refractivity contribution is -0.134. The highest BCUT2D eigenvalue weighted by Gasteiger charge is 2.15. The van der Waals surface area contributed by atoms with Gasteiger partial charge < -0.3 is 15.0 Å². The van der Waals surface area contributed by atoms with Gasteiger partial charge >= 0.3 is 18.2 Å². The van der Waals surface area contributed by atoms with E-state index in [2.05, 4.69) is 4.79 Å². The largest absolute Gasteiger partial charge is 0.423 e. The van der Waals surface area contributed by atoms with Crippen molar-refractivity contribution in [3.05, 3.63) is 29.3 Å². The molecule has 0 aliphatic rings. The van der Waals surface area contributed by atoms with Crippen molar-refractivity contribution in [3.8, 4) is 11.5 Å². The molecule has 0 atom stereocenters. The van der Waals surface area contributed by atoms with Crippen molar-refractivity contribution in [3.63, 3.8) is 0 Å². The second-order valence-corrected chi connectivity index (χ2v) is 3.46. The quantitative estimate of drug-likeness (QED) is 0.201. The number of nitrogens with zero attached hydrogens (tertiary/aromatic N) is 2. The molecule has 98 valence electrons. The minimum Gasteiger partial charge on any atom is -0.423 e. The van der Waals surface area contributed by atoms with Gasteiger partial charge in [-0.3, -0.25) is 14.4 Å². The molecule has 0 saturated carbocycles. The van der Waals surface area contributed by atoms with Crippen LogP contribution in [-0.2, 0) is 9.59 Å². The predicted molar refractivity (Wildman–Crippen MR) is 63.1 cm³/mol. The molecule has 0 amide bonds. The fourth-order valence-corrected chi connectivity index (χ4v) is 1.26. The van der Waals surface area contributed by atoms with Crippen LogP contribution in [0.1, 0.15) is 24.2 Å². The van der Waals surface area contributed by atoms with Gasteiger partial charge in [0, 0.05) is 19.4 Å². The van der Waals surface area contributed by atoms with E-state index in [9.17, 15) is 14.4 Å². The Balaban J connectivity index is 3.21. The molecule has 1 aromatic rings. The minimum absolute atomic E-state index is 0.0141. The van der Waals surface area contributed by atoms with Crippen LogP contribution in [0.2, 0.25) is 0 Å². The van der Waals surface area contributed by atoms with Gasteiger partial charge in [0.2, 0.25) is 0 Å². The van der Waals surface area contributed by atoms with Crippen molar-refractivity contribution < 1.29 is 28.6 Å². The molecule has 0 radical (unpaired) electrons. The second kappa shape index (κ2) is 6.23. The average molecular weight is 262 g/mol. The van der Waals surface area contributed by atoms with Gasteiger partial charge in [0.05, 0.1) is 0 Å². The normalized spacial score (nSPS) is 9.16. The fourth-order valence-electron chi connectivity index (χ4n) is 1.26. The summed E-state index contributed by atoms with van der Waals surface area (Å²) in [5.41, 5.74) is 8.40. The number of esters is 2. The zero-order chi connectivity index (χ0) is 14.4. The number of carbonyl (C=O) groups excluding carboxylic acids is 3. The van der Waals surface area contributed by atoms with E-state index in [1.54, 1.807) is 0 Å². The number of ether oxygens (including phenoxy) is 2. The third kappa shape index (κ3) is 4.18. The number of rotatable bonds is 4. The van der Waals surface area contributed by atoms with Crippen LogP contribution in [0.4, 0.5) is 0 Å². The van der Waals surface area contributed by atoms with Crippen LogP contribution in [0.25, 0.3) is 5.53 Å². The van der Waals surface area contributed by atoms with Crippen molar-refractivity contribution in [2.45, 2.75) is 13.8 Å². The predicted octanol–water partition coefficient (Wildman–Crippen LogP) is 1.02. The van der Waals surface area contributed by atoms with Gasteiger partial charge in [-0.1, -0.05) is 0 Å². The molecule has 0 unspecified atom stereocenters. The first kappa shape index (κ1) is 14.3. The Bertz CT molecular complexity index is 588. The number of Topliss-reactive ketones (excluding diaryl/α,β-unsaturated/α-hetero) is 1. The van der Waals surface area contributed by atoms with Crippen LogP contribution < -0.4 is 9.47 Å². The van der Waals surface area contributed by atoms with Crippen LogP contribution in [0.5, 0.6) is 11.5 Å². The van der Waals surface area contributed by atoms with Gasteiger partial charge in [0.25, 0.3) is 5.78 Å². The highest BCUT2D eigenvalue weighted by atomic mass is 16.6. The summed E-state index contributed by atoms with van der Waals surface area (Å²) in [4.78, 5) is 35.9. The SMILES string of the molecule is CC(=O)Oc1ccc(C(=O)C=[N+]=[N-])cc1OC(C)=O. The van der Waals surface area contributed by atoms with E-state index in [4.69, 9.17) is 15.0 Å². The van der Waals surface area contributed by atoms with E-state index in [0.29, 0.717) is 6.21 Å². The maximum atomic E-state index is 11.5. The van der Waals surface area contributed by atoms with Gasteiger partial charge in [-0.2, -0.15) is 4.79 Å². The summed E-state index contributed by atoms with van der Waals surface area (Å²) in [6.45, 7) is 2.36. The van der Waals surface area contributed by atoms with E-state index in [1.165, 1.54) is 32.0 Å². The zero-order valence-corrected chi connectivity index (χ0v) is 10.2. The Morgan fingerprint density at radius 1 is 1.11 bits per heavy atom. The maximum Gasteiger partial charge on any atom is 0.328 e. The molecule has 1 rings (SSSR count). The van der Waals surface area contributed by atoms with Crippen LogP contribution in [0.15, 0.2) is 18.2 Å². The van der Waals surface area contributed by atoms with Gasteiger partial charge in [0.15, 0.2) is 11.5 Å². The summed E-state index contributed by atoms with van der Waals surface area (Å²) >= 11 is 0. The third-order valence-electron chi connectivity index (χ3n) is 1.91. The molecule has 0 spiro atoms. The van der Waals surface area contributed by atoms with Crippen molar-refractivity contribution in [2.24, 2.45) is 0 Å². The Hall–Kier alpha value is -2.79. The van der Waals surface area contributed by atoms with Crippen LogP contribution in [0, 0.1) is 0 Å².